The number of aliphatic hydroxyl groups excluding tert-OH is 1. The molecule has 0 spiro atoms. The average Bonchev–Trinajstić information content (AvgIpc) is 2.38. The number of halogens is 2. The van der Waals surface area contributed by atoms with E-state index in [4.69, 9.17) is 23.2 Å². The van der Waals surface area contributed by atoms with E-state index >= 15 is 0 Å². The van der Waals surface area contributed by atoms with Gasteiger partial charge in [0.25, 0.3) is 5.91 Å². The maximum absolute atomic E-state index is 12.1. The van der Waals surface area contributed by atoms with E-state index in [1.807, 2.05) is 0 Å². The van der Waals surface area contributed by atoms with Crippen molar-refractivity contribution in [1.82, 2.24) is 10.3 Å². The van der Waals surface area contributed by atoms with Crippen LogP contribution in [0.5, 0.6) is 0 Å². The van der Waals surface area contributed by atoms with E-state index < -0.39 is 0 Å². The van der Waals surface area contributed by atoms with Crippen LogP contribution in [-0.4, -0.2) is 28.6 Å². The van der Waals surface area contributed by atoms with Crippen molar-refractivity contribution in [3.63, 3.8) is 0 Å². The molecule has 0 saturated heterocycles. The summed E-state index contributed by atoms with van der Waals surface area (Å²) in [5.41, 5.74) is 0.396. The summed E-state index contributed by atoms with van der Waals surface area (Å²) in [7, 11) is 0. The van der Waals surface area contributed by atoms with Gasteiger partial charge in [-0.1, -0.05) is 36.0 Å². The summed E-state index contributed by atoms with van der Waals surface area (Å²) in [6.07, 6.45) is 4.01. The molecule has 2 unspecified atom stereocenters. The quantitative estimate of drug-likeness (QED) is 0.844. The molecule has 1 saturated carbocycles. The Labute approximate surface area is 122 Å². The van der Waals surface area contributed by atoms with Gasteiger partial charge >= 0.3 is 0 Å². The summed E-state index contributed by atoms with van der Waals surface area (Å²) in [5, 5.41) is 12.7. The van der Waals surface area contributed by atoms with Gasteiger partial charge in [0.1, 0.15) is 10.3 Å². The monoisotopic (exact) mass is 302 g/mol. The molecule has 1 amide bonds. The van der Waals surface area contributed by atoms with Crippen molar-refractivity contribution in [3.05, 3.63) is 28.0 Å². The van der Waals surface area contributed by atoms with E-state index in [2.05, 4.69) is 10.3 Å². The fraction of sp³-hybridized carbons (Fsp3) is 0.538. The minimum absolute atomic E-state index is 0.0111. The summed E-state index contributed by atoms with van der Waals surface area (Å²) in [4.78, 5) is 15.9. The van der Waals surface area contributed by atoms with Crippen molar-refractivity contribution in [3.8, 4) is 0 Å². The lowest BCUT2D eigenvalue weighted by Gasteiger charge is -2.30. The van der Waals surface area contributed by atoms with Crippen molar-refractivity contribution in [2.45, 2.75) is 31.7 Å². The largest absolute Gasteiger partial charge is 0.396 e. The van der Waals surface area contributed by atoms with Gasteiger partial charge in [-0.3, -0.25) is 4.79 Å². The molecule has 104 valence electrons. The topological polar surface area (TPSA) is 62.2 Å². The number of hydrogen-bond acceptors (Lipinski definition) is 3. The van der Waals surface area contributed by atoms with Crippen LogP contribution < -0.4 is 5.32 Å². The first-order chi connectivity index (χ1) is 9.10. The van der Waals surface area contributed by atoms with Gasteiger partial charge in [-0.2, -0.15) is 0 Å². The summed E-state index contributed by atoms with van der Waals surface area (Å²) < 4.78 is 0. The summed E-state index contributed by atoms with van der Waals surface area (Å²) in [6.45, 7) is 0.100. The average molecular weight is 303 g/mol. The second-order valence-corrected chi connectivity index (χ2v) is 5.58. The van der Waals surface area contributed by atoms with Gasteiger partial charge < -0.3 is 10.4 Å². The molecule has 0 aromatic carbocycles. The number of carbonyl (C=O) groups is 1. The van der Waals surface area contributed by atoms with Crippen molar-refractivity contribution in [1.29, 1.82) is 0 Å². The fourth-order valence-corrected chi connectivity index (χ4v) is 2.92. The molecule has 19 heavy (non-hydrogen) atoms. The first-order valence-corrected chi connectivity index (χ1v) is 7.10. The third kappa shape index (κ3) is 3.81. The Balaban J connectivity index is 2.07. The SMILES string of the molecule is O=C(NC1CCCCC1CO)c1cc(Cl)nc(Cl)c1. The van der Waals surface area contributed by atoms with Gasteiger partial charge in [-0.15, -0.1) is 0 Å². The Kier molecular flexibility index (Phi) is 5.02. The van der Waals surface area contributed by atoms with E-state index in [1.54, 1.807) is 0 Å². The minimum atomic E-state index is -0.225. The zero-order chi connectivity index (χ0) is 13.8. The van der Waals surface area contributed by atoms with Crippen LogP contribution in [-0.2, 0) is 0 Å². The standard InChI is InChI=1S/C13H16Cl2N2O2/c14-11-5-9(6-12(15)17-11)13(19)16-10-4-2-1-3-8(10)7-18/h5-6,8,10,18H,1-4,7H2,(H,16,19). The second-order valence-electron chi connectivity index (χ2n) is 4.81. The summed E-state index contributed by atoms with van der Waals surface area (Å²) >= 11 is 11.6. The van der Waals surface area contributed by atoms with E-state index in [9.17, 15) is 9.90 Å². The van der Waals surface area contributed by atoms with Crippen LogP contribution in [0.15, 0.2) is 12.1 Å². The van der Waals surface area contributed by atoms with Crippen LogP contribution >= 0.6 is 23.2 Å². The third-order valence-electron chi connectivity index (χ3n) is 3.49. The maximum atomic E-state index is 12.1. The van der Waals surface area contributed by atoms with Crippen molar-refractivity contribution in [2.75, 3.05) is 6.61 Å². The Bertz CT molecular complexity index is 448. The molecule has 0 bridgehead atoms. The lowest BCUT2D eigenvalue weighted by Crippen LogP contribution is -2.43. The summed E-state index contributed by atoms with van der Waals surface area (Å²) in [6, 6.07) is 2.98. The Morgan fingerprint density at radius 1 is 1.32 bits per heavy atom. The molecule has 1 heterocycles. The Morgan fingerprint density at radius 3 is 2.58 bits per heavy atom. The van der Waals surface area contributed by atoms with E-state index in [-0.39, 0.29) is 34.8 Å². The molecule has 1 aliphatic carbocycles. The highest BCUT2D eigenvalue weighted by Crippen LogP contribution is 2.24. The van der Waals surface area contributed by atoms with Gasteiger partial charge in [0.2, 0.25) is 0 Å². The molecule has 1 aromatic rings. The first kappa shape index (κ1) is 14.6. The molecule has 1 aliphatic rings. The maximum Gasteiger partial charge on any atom is 0.251 e. The zero-order valence-electron chi connectivity index (χ0n) is 10.4. The molecule has 6 heteroatoms. The normalized spacial score (nSPS) is 23.1. The Hall–Kier alpha value is -0.840. The van der Waals surface area contributed by atoms with Crippen LogP contribution in [0.2, 0.25) is 10.3 Å². The van der Waals surface area contributed by atoms with Crippen LogP contribution in [0.3, 0.4) is 0 Å². The van der Waals surface area contributed by atoms with Gasteiger partial charge in [-0.05, 0) is 25.0 Å². The second kappa shape index (κ2) is 6.55. The van der Waals surface area contributed by atoms with Crippen LogP contribution in [0, 0.1) is 5.92 Å². The number of nitrogens with one attached hydrogen (secondary N) is 1. The molecule has 4 nitrogen and oxygen atoms in total. The highest BCUT2D eigenvalue weighted by atomic mass is 35.5. The first-order valence-electron chi connectivity index (χ1n) is 6.35. The number of carbonyl (C=O) groups excluding carboxylic acids is 1. The molecule has 1 aromatic heterocycles. The minimum Gasteiger partial charge on any atom is -0.396 e. The van der Waals surface area contributed by atoms with E-state index in [0.29, 0.717) is 5.56 Å². The van der Waals surface area contributed by atoms with Crippen LogP contribution in [0.4, 0.5) is 0 Å². The molecular weight excluding hydrogens is 287 g/mol. The molecule has 2 rings (SSSR count). The van der Waals surface area contributed by atoms with Crippen LogP contribution in [0.25, 0.3) is 0 Å². The summed E-state index contributed by atoms with van der Waals surface area (Å²) in [5.74, 6) is -0.0953. The number of aromatic nitrogens is 1. The van der Waals surface area contributed by atoms with Gasteiger partial charge in [0.15, 0.2) is 0 Å². The lowest BCUT2D eigenvalue weighted by atomic mass is 9.85. The van der Waals surface area contributed by atoms with Crippen molar-refractivity contribution in [2.24, 2.45) is 5.92 Å². The van der Waals surface area contributed by atoms with Gasteiger partial charge in [0.05, 0.1) is 0 Å². The molecule has 0 radical (unpaired) electrons. The fourth-order valence-electron chi connectivity index (χ4n) is 2.46. The highest BCUT2D eigenvalue weighted by molar-refractivity contribution is 6.33. The zero-order valence-corrected chi connectivity index (χ0v) is 11.9. The number of hydrogen-bond donors (Lipinski definition) is 2. The smallest absolute Gasteiger partial charge is 0.251 e. The van der Waals surface area contributed by atoms with E-state index in [1.165, 1.54) is 12.1 Å². The molecule has 2 N–H and O–H groups in total. The van der Waals surface area contributed by atoms with Gasteiger partial charge in [0, 0.05) is 24.1 Å². The van der Waals surface area contributed by atoms with Gasteiger partial charge in [-0.25, -0.2) is 4.98 Å². The lowest BCUT2D eigenvalue weighted by molar-refractivity contribution is 0.0872. The number of pyridine rings is 1. The van der Waals surface area contributed by atoms with Crippen molar-refractivity contribution < 1.29 is 9.90 Å². The number of aliphatic hydroxyl groups is 1. The number of nitrogens with zero attached hydrogens (tertiary/aromatic N) is 1. The van der Waals surface area contributed by atoms with Crippen LogP contribution in [0.1, 0.15) is 36.0 Å². The van der Waals surface area contributed by atoms with E-state index in [0.717, 1.165) is 25.7 Å². The van der Waals surface area contributed by atoms with Crippen molar-refractivity contribution >= 4 is 29.1 Å². The third-order valence-corrected chi connectivity index (χ3v) is 3.87. The number of amides is 1. The molecule has 2 atom stereocenters. The Morgan fingerprint density at radius 2 is 1.95 bits per heavy atom. The number of rotatable bonds is 3. The molecule has 1 fully saturated rings. The molecular formula is C13H16Cl2N2O2. The predicted molar refractivity (Wildman–Crippen MR) is 74.6 cm³/mol. The molecule has 0 aliphatic heterocycles. The predicted octanol–water partition coefficient (Wildman–Crippen LogP) is 2.67. The highest BCUT2D eigenvalue weighted by Gasteiger charge is 2.26.